The summed E-state index contributed by atoms with van der Waals surface area (Å²) in [6.07, 6.45) is 0.287. The molecule has 0 fully saturated rings. The van der Waals surface area contributed by atoms with E-state index in [2.05, 4.69) is 5.32 Å². The van der Waals surface area contributed by atoms with Crippen molar-refractivity contribution < 1.29 is 44.6 Å². The zero-order chi connectivity index (χ0) is 9.61. The Bertz CT molecular complexity index is 157. The molecule has 0 aliphatic carbocycles. The minimum absolute atomic E-state index is 0. The Morgan fingerprint density at radius 2 is 2.23 bits per heavy atom. The third kappa shape index (κ3) is 5.61. The predicted molar refractivity (Wildman–Crippen MR) is 42.2 cm³/mol. The zero-order valence-electron chi connectivity index (χ0n) is 8.17. The number of hydrogen-bond donors (Lipinski definition) is 3. The van der Waals surface area contributed by atoms with Crippen LogP contribution in [-0.4, -0.2) is 36.3 Å². The molecule has 0 aromatic rings. The summed E-state index contributed by atoms with van der Waals surface area (Å²) in [5.41, 5.74) is 4.10. The Labute approximate surface area is 100.0 Å². The van der Waals surface area contributed by atoms with E-state index in [4.69, 9.17) is 10.8 Å². The minimum atomic E-state index is -1.19. The van der Waals surface area contributed by atoms with E-state index >= 15 is 0 Å². The molecule has 5 nitrogen and oxygen atoms in total. The summed E-state index contributed by atoms with van der Waals surface area (Å²) in [6, 6.07) is 0. The van der Waals surface area contributed by atoms with Gasteiger partial charge < -0.3 is 26.1 Å². The van der Waals surface area contributed by atoms with Gasteiger partial charge in [0.05, 0.1) is 18.1 Å². The zero-order valence-corrected chi connectivity index (χ0v) is 10.2. The maximum absolute atomic E-state index is 10.6. The van der Waals surface area contributed by atoms with Crippen molar-refractivity contribution in [2.75, 3.05) is 19.7 Å². The third-order valence-electron chi connectivity index (χ3n) is 1.72. The second-order valence-corrected chi connectivity index (χ2v) is 2.81. The van der Waals surface area contributed by atoms with Gasteiger partial charge in [-0.25, -0.2) is 0 Å². The van der Waals surface area contributed by atoms with Gasteiger partial charge in [0.15, 0.2) is 0 Å². The van der Waals surface area contributed by atoms with Crippen LogP contribution in [0.3, 0.4) is 0 Å². The summed E-state index contributed by atoms with van der Waals surface area (Å²) in [5.74, 6) is -1.19. The molecule has 0 aromatic heterocycles. The van der Waals surface area contributed by atoms with Crippen molar-refractivity contribution in [3.63, 3.8) is 0 Å². The van der Waals surface area contributed by atoms with Crippen LogP contribution in [-0.2, 0) is 4.79 Å². The van der Waals surface area contributed by atoms with Crippen LogP contribution in [0.2, 0.25) is 0 Å². The van der Waals surface area contributed by atoms with Crippen molar-refractivity contribution in [3.8, 4) is 0 Å². The molecule has 72 valence electrons. The van der Waals surface area contributed by atoms with Crippen LogP contribution in [0.4, 0.5) is 0 Å². The van der Waals surface area contributed by atoms with E-state index in [0.717, 1.165) is 0 Å². The maximum atomic E-state index is 10.6. The maximum Gasteiger partial charge on any atom is 1.00 e. The fraction of sp³-hybridized carbons (Fsp3) is 0.857. The van der Waals surface area contributed by atoms with Crippen molar-refractivity contribution in [3.05, 3.63) is 0 Å². The topological polar surface area (TPSA) is 98.4 Å². The molecule has 0 rings (SSSR count). The molecule has 1 atom stereocenters. The van der Waals surface area contributed by atoms with E-state index in [1.807, 2.05) is 0 Å². The van der Waals surface area contributed by atoms with Gasteiger partial charge >= 0.3 is 29.6 Å². The van der Waals surface area contributed by atoms with Crippen molar-refractivity contribution in [1.29, 1.82) is 0 Å². The first-order valence-electron chi connectivity index (χ1n) is 3.84. The number of aliphatic hydroxyl groups excluding tert-OH is 1. The molecule has 0 bridgehead atoms. The largest absolute Gasteiger partial charge is 1.00 e. The average Bonchev–Trinajstić information content (AvgIpc) is 2.01. The van der Waals surface area contributed by atoms with Crippen LogP contribution < -0.4 is 45.7 Å². The van der Waals surface area contributed by atoms with Crippen LogP contribution in [0.1, 0.15) is 13.3 Å². The van der Waals surface area contributed by atoms with E-state index in [9.17, 15) is 9.90 Å². The first-order chi connectivity index (χ1) is 5.56. The fourth-order valence-electron chi connectivity index (χ4n) is 0.883. The summed E-state index contributed by atoms with van der Waals surface area (Å²) in [7, 11) is 0. The molecule has 0 aliphatic rings. The summed E-state index contributed by atoms with van der Waals surface area (Å²) >= 11 is 0. The number of aliphatic carboxylic acids is 1. The molecule has 0 saturated heterocycles. The van der Waals surface area contributed by atoms with E-state index in [0.29, 0.717) is 0 Å². The van der Waals surface area contributed by atoms with Gasteiger partial charge in [0, 0.05) is 6.54 Å². The number of carbonyl (C=O) groups is 1. The average molecular weight is 198 g/mol. The fourth-order valence-corrected chi connectivity index (χ4v) is 0.883. The van der Waals surface area contributed by atoms with Gasteiger partial charge in [-0.3, -0.25) is 0 Å². The Morgan fingerprint density at radius 3 is 2.54 bits per heavy atom. The number of nitrogens with one attached hydrogen (secondary N) is 1. The normalized spacial score (nSPS) is 14.4. The molecular formula is C7H15N2NaO3. The van der Waals surface area contributed by atoms with Crippen molar-refractivity contribution in [2.45, 2.75) is 18.9 Å². The molecule has 1 unspecified atom stereocenters. The molecule has 0 aromatic carbocycles. The summed E-state index contributed by atoms with van der Waals surface area (Å²) < 4.78 is 0. The van der Waals surface area contributed by atoms with Gasteiger partial charge in [0.1, 0.15) is 0 Å². The molecule has 0 amide bonds. The van der Waals surface area contributed by atoms with Crippen LogP contribution in [0.5, 0.6) is 0 Å². The van der Waals surface area contributed by atoms with Crippen molar-refractivity contribution in [2.24, 2.45) is 5.73 Å². The number of aliphatic hydroxyl groups is 1. The second kappa shape index (κ2) is 7.73. The first-order valence-corrected chi connectivity index (χ1v) is 3.84. The molecule has 0 spiro atoms. The van der Waals surface area contributed by atoms with Crippen LogP contribution >= 0.6 is 0 Å². The number of carbonyl (C=O) groups excluding carboxylic acids is 1. The number of rotatable bonds is 6. The smallest absolute Gasteiger partial charge is 0.548 e. The number of carboxylic acids is 1. The van der Waals surface area contributed by atoms with Gasteiger partial charge in [-0.15, -0.1) is 0 Å². The molecule has 0 saturated carbocycles. The SMILES string of the molecule is CC(CCN)(NCCO)C(=O)[O-].[Na+]. The minimum Gasteiger partial charge on any atom is -0.548 e. The monoisotopic (exact) mass is 198 g/mol. The standard InChI is InChI=1S/C7H16N2O3.Na/c1-7(2-3-8,6(11)12)9-4-5-10;/h9-10H,2-5,8H2,1H3,(H,11,12);/q;+1/p-1. The summed E-state index contributed by atoms with van der Waals surface area (Å²) in [4.78, 5) is 10.6. The van der Waals surface area contributed by atoms with Gasteiger partial charge in [0.25, 0.3) is 0 Å². The number of hydrogen-bond acceptors (Lipinski definition) is 5. The summed E-state index contributed by atoms with van der Waals surface area (Å²) in [5, 5.41) is 21.7. The summed E-state index contributed by atoms with van der Waals surface area (Å²) in [6.45, 7) is 1.88. The van der Waals surface area contributed by atoms with Crippen LogP contribution in [0.15, 0.2) is 0 Å². The Kier molecular flexibility index (Phi) is 9.39. The Morgan fingerprint density at radius 1 is 1.69 bits per heavy atom. The van der Waals surface area contributed by atoms with E-state index in [-0.39, 0.29) is 55.7 Å². The number of carboxylic acid groups (broad SMARTS) is 1. The number of nitrogens with two attached hydrogens (primary N) is 1. The van der Waals surface area contributed by atoms with Crippen molar-refractivity contribution in [1.82, 2.24) is 5.32 Å². The van der Waals surface area contributed by atoms with E-state index in [1.165, 1.54) is 6.92 Å². The third-order valence-corrected chi connectivity index (χ3v) is 1.72. The Balaban J connectivity index is 0. The first kappa shape index (κ1) is 15.8. The molecule has 4 N–H and O–H groups in total. The predicted octanol–water partition coefficient (Wildman–Crippen LogP) is -5.57. The van der Waals surface area contributed by atoms with E-state index < -0.39 is 11.5 Å². The molecule has 6 heteroatoms. The molecule has 0 radical (unpaired) electrons. The molecule has 0 aliphatic heterocycles. The second-order valence-electron chi connectivity index (χ2n) is 2.81. The van der Waals surface area contributed by atoms with Gasteiger partial charge in [-0.1, -0.05) is 0 Å². The van der Waals surface area contributed by atoms with E-state index in [1.54, 1.807) is 0 Å². The number of β-amino-alcohol motifs (C(OH)–C–C–N with tert-alkyl or cyclic N) is 1. The van der Waals surface area contributed by atoms with Crippen LogP contribution in [0, 0.1) is 0 Å². The van der Waals surface area contributed by atoms with Crippen molar-refractivity contribution >= 4 is 5.97 Å². The molecule has 0 heterocycles. The van der Waals surface area contributed by atoms with Crippen LogP contribution in [0.25, 0.3) is 0 Å². The van der Waals surface area contributed by atoms with Gasteiger partial charge in [-0.05, 0) is 19.9 Å². The van der Waals surface area contributed by atoms with Gasteiger partial charge in [-0.2, -0.15) is 0 Å². The quantitative estimate of drug-likeness (QED) is 0.370. The molecular weight excluding hydrogens is 183 g/mol. The molecule has 13 heavy (non-hydrogen) atoms. The Hall–Kier alpha value is 0.350. The van der Waals surface area contributed by atoms with Gasteiger partial charge in [0.2, 0.25) is 0 Å².